The Hall–Kier alpha value is -1.34. The normalized spacial score (nSPS) is 24.9. The van der Waals surface area contributed by atoms with Gasteiger partial charge < -0.3 is 20.7 Å². The molecule has 3 N–H and O–H groups in total. The van der Waals surface area contributed by atoms with Crippen LogP contribution in [0, 0.1) is 5.41 Å². The van der Waals surface area contributed by atoms with Gasteiger partial charge in [-0.3, -0.25) is 14.7 Å². The molecule has 0 spiro atoms. The molecule has 2 atom stereocenters. The van der Waals surface area contributed by atoms with Crippen LogP contribution >= 0.6 is 0 Å². The topological polar surface area (TPSA) is 78.0 Å². The molecule has 2 unspecified atom stereocenters. The number of rotatable bonds is 11. The minimum absolute atomic E-state index is 0.110. The molecule has 7 nitrogen and oxygen atoms in total. The van der Waals surface area contributed by atoms with Gasteiger partial charge in [-0.1, -0.05) is 34.1 Å². The Bertz CT molecular complexity index is 544. The summed E-state index contributed by atoms with van der Waals surface area (Å²) in [5.41, 5.74) is 0.110. The standard InChI is InChI=1S/C23H45N5O2/c1-6-9-15-30-20-16-19(23(20,4)5)27-22(24-8-3)26-18-10-13-28(14-11-18)17-21(29)25-12-7-2/h18-20H,6-17H2,1-5H3,(H,25,29)(H2,24,26,27). The van der Waals surface area contributed by atoms with E-state index in [2.05, 4.69) is 60.5 Å². The van der Waals surface area contributed by atoms with E-state index in [1.54, 1.807) is 0 Å². The Kier molecular flexibility index (Phi) is 10.4. The molecule has 0 bridgehead atoms. The van der Waals surface area contributed by atoms with E-state index < -0.39 is 0 Å². The van der Waals surface area contributed by atoms with Gasteiger partial charge in [0, 0.05) is 50.3 Å². The lowest BCUT2D eigenvalue weighted by molar-refractivity contribution is -0.122. The van der Waals surface area contributed by atoms with Crippen LogP contribution in [0.2, 0.25) is 0 Å². The molecule has 1 aliphatic carbocycles. The average molecular weight is 424 g/mol. The number of nitrogens with zero attached hydrogens (tertiary/aromatic N) is 2. The summed E-state index contributed by atoms with van der Waals surface area (Å²) in [7, 11) is 0. The van der Waals surface area contributed by atoms with Crippen LogP contribution in [0.1, 0.15) is 73.1 Å². The fourth-order valence-corrected chi connectivity index (χ4v) is 4.19. The van der Waals surface area contributed by atoms with E-state index in [0.717, 1.165) is 70.8 Å². The second-order valence-corrected chi connectivity index (χ2v) is 9.33. The zero-order valence-electron chi connectivity index (χ0n) is 19.9. The van der Waals surface area contributed by atoms with Crippen molar-refractivity contribution in [3.05, 3.63) is 0 Å². The van der Waals surface area contributed by atoms with Crippen LogP contribution in [0.4, 0.5) is 0 Å². The highest BCUT2D eigenvalue weighted by Crippen LogP contribution is 2.42. The van der Waals surface area contributed by atoms with Crippen LogP contribution in [-0.4, -0.2) is 74.3 Å². The minimum Gasteiger partial charge on any atom is -0.378 e. The van der Waals surface area contributed by atoms with Gasteiger partial charge in [0.15, 0.2) is 5.96 Å². The van der Waals surface area contributed by atoms with E-state index in [1.165, 1.54) is 6.42 Å². The highest BCUT2D eigenvalue weighted by Gasteiger charge is 2.49. The summed E-state index contributed by atoms with van der Waals surface area (Å²) in [4.78, 5) is 18.9. The zero-order valence-corrected chi connectivity index (χ0v) is 19.9. The third kappa shape index (κ3) is 7.41. The number of unbranched alkanes of at least 4 members (excludes halogenated alkanes) is 1. The quantitative estimate of drug-likeness (QED) is 0.270. The van der Waals surface area contributed by atoms with Gasteiger partial charge in [0.25, 0.3) is 0 Å². The summed E-state index contributed by atoms with van der Waals surface area (Å²) in [6.45, 7) is 15.7. The second kappa shape index (κ2) is 12.5. The number of amides is 1. The lowest BCUT2D eigenvalue weighted by atomic mass is 9.64. The highest BCUT2D eigenvalue weighted by molar-refractivity contribution is 5.80. The molecule has 1 heterocycles. The maximum absolute atomic E-state index is 11.9. The van der Waals surface area contributed by atoms with Crippen LogP contribution in [0.5, 0.6) is 0 Å². The van der Waals surface area contributed by atoms with Gasteiger partial charge in [-0.2, -0.15) is 0 Å². The van der Waals surface area contributed by atoms with Crippen molar-refractivity contribution >= 4 is 11.9 Å². The number of nitrogens with one attached hydrogen (secondary N) is 3. The molecule has 1 saturated heterocycles. The molecule has 0 radical (unpaired) electrons. The molecule has 2 rings (SSSR count). The summed E-state index contributed by atoms with van der Waals surface area (Å²) in [6.07, 6.45) is 6.71. The third-order valence-electron chi connectivity index (χ3n) is 6.49. The first-order valence-corrected chi connectivity index (χ1v) is 12.1. The number of carbonyl (C=O) groups excluding carboxylic acids is 1. The molecular formula is C23H45N5O2. The van der Waals surface area contributed by atoms with E-state index >= 15 is 0 Å². The lowest BCUT2D eigenvalue weighted by Gasteiger charge is -2.52. The van der Waals surface area contributed by atoms with Gasteiger partial charge in [0.05, 0.1) is 12.6 Å². The molecule has 1 aliphatic heterocycles. The van der Waals surface area contributed by atoms with E-state index in [-0.39, 0.29) is 11.3 Å². The molecule has 0 aromatic rings. The monoisotopic (exact) mass is 423 g/mol. The number of hydrogen-bond acceptors (Lipinski definition) is 4. The fraction of sp³-hybridized carbons (Fsp3) is 0.913. The first kappa shape index (κ1) is 24.9. The molecule has 7 heteroatoms. The SMILES string of the molecule is CCCCOC1CC(NC(=NCC)NC2CCN(CC(=O)NCCC)CC2)C1(C)C. The van der Waals surface area contributed by atoms with Gasteiger partial charge in [0.1, 0.15) is 0 Å². The van der Waals surface area contributed by atoms with Crippen LogP contribution in [0.3, 0.4) is 0 Å². The van der Waals surface area contributed by atoms with Gasteiger partial charge in [-0.15, -0.1) is 0 Å². The molecule has 2 aliphatic rings. The fourth-order valence-electron chi connectivity index (χ4n) is 4.19. The van der Waals surface area contributed by atoms with Crippen molar-refractivity contribution in [3.8, 4) is 0 Å². The maximum Gasteiger partial charge on any atom is 0.234 e. The number of piperidine rings is 1. The van der Waals surface area contributed by atoms with Crippen molar-refractivity contribution in [2.75, 3.05) is 39.3 Å². The number of aliphatic imine (C=N–C) groups is 1. The largest absolute Gasteiger partial charge is 0.378 e. The van der Waals surface area contributed by atoms with Crippen molar-refractivity contribution in [1.82, 2.24) is 20.9 Å². The second-order valence-electron chi connectivity index (χ2n) is 9.33. The van der Waals surface area contributed by atoms with Crippen molar-refractivity contribution < 1.29 is 9.53 Å². The number of likely N-dealkylation sites (tertiary alicyclic amines) is 1. The van der Waals surface area contributed by atoms with Crippen molar-refractivity contribution in [2.45, 2.75) is 91.3 Å². The first-order valence-electron chi connectivity index (χ1n) is 12.1. The summed E-state index contributed by atoms with van der Waals surface area (Å²) in [5.74, 6) is 1.06. The molecule has 1 saturated carbocycles. The van der Waals surface area contributed by atoms with Gasteiger partial charge in [-0.05, 0) is 39.0 Å². The number of guanidine groups is 1. The Labute approximate surface area is 183 Å². The van der Waals surface area contributed by atoms with Crippen LogP contribution in [0.25, 0.3) is 0 Å². The van der Waals surface area contributed by atoms with Crippen molar-refractivity contribution in [2.24, 2.45) is 10.4 Å². The highest BCUT2D eigenvalue weighted by atomic mass is 16.5. The summed E-state index contributed by atoms with van der Waals surface area (Å²) >= 11 is 0. The zero-order chi connectivity index (χ0) is 22.0. The molecule has 2 fully saturated rings. The molecular weight excluding hydrogens is 378 g/mol. The average Bonchev–Trinajstić information content (AvgIpc) is 2.72. The molecule has 0 aromatic carbocycles. The third-order valence-corrected chi connectivity index (χ3v) is 6.49. The first-order chi connectivity index (χ1) is 14.4. The number of ether oxygens (including phenoxy) is 1. The van der Waals surface area contributed by atoms with E-state index in [0.29, 0.717) is 24.7 Å². The van der Waals surface area contributed by atoms with Crippen LogP contribution in [0.15, 0.2) is 4.99 Å². The van der Waals surface area contributed by atoms with E-state index in [9.17, 15) is 4.79 Å². The van der Waals surface area contributed by atoms with Gasteiger partial charge in [0.2, 0.25) is 5.91 Å². The molecule has 1 amide bonds. The van der Waals surface area contributed by atoms with Crippen molar-refractivity contribution in [1.29, 1.82) is 0 Å². The summed E-state index contributed by atoms with van der Waals surface area (Å²) < 4.78 is 6.08. The van der Waals surface area contributed by atoms with Crippen LogP contribution in [-0.2, 0) is 9.53 Å². The molecule has 174 valence electrons. The van der Waals surface area contributed by atoms with Crippen molar-refractivity contribution in [3.63, 3.8) is 0 Å². The Morgan fingerprint density at radius 3 is 2.47 bits per heavy atom. The number of carbonyl (C=O) groups is 1. The Morgan fingerprint density at radius 1 is 1.13 bits per heavy atom. The van der Waals surface area contributed by atoms with Gasteiger partial charge >= 0.3 is 0 Å². The molecule has 0 aromatic heterocycles. The maximum atomic E-state index is 11.9. The predicted molar refractivity (Wildman–Crippen MR) is 124 cm³/mol. The smallest absolute Gasteiger partial charge is 0.234 e. The van der Waals surface area contributed by atoms with E-state index in [4.69, 9.17) is 4.74 Å². The summed E-state index contributed by atoms with van der Waals surface area (Å²) in [6, 6.07) is 0.779. The van der Waals surface area contributed by atoms with Crippen LogP contribution < -0.4 is 16.0 Å². The Balaban J connectivity index is 1.75. The van der Waals surface area contributed by atoms with E-state index in [1.807, 2.05) is 0 Å². The minimum atomic E-state index is 0.110. The Morgan fingerprint density at radius 2 is 1.87 bits per heavy atom. The molecule has 30 heavy (non-hydrogen) atoms. The summed E-state index contributed by atoms with van der Waals surface area (Å²) in [5, 5.41) is 10.3. The lowest BCUT2D eigenvalue weighted by Crippen LogP contribution is -2.64. The number of hydrogen-bond donors (Lipinski definition) is 3. The predicted octanol–water partition coefficient (Wildman–Crippen LogP) is 2.52. The van der Waals surface area contributed by atoms with Gasteiger partial charge in [-0.25, -0.2) is 0 Å².